The minimum Gasteiger partial charge on any atom is -0.373 e. The Morgan fingerprint density at radius 3 is 2.14 bits per heavy atom. The third kappa shape index (κ3) is 7.14. The lowest BCUT2D eigenvalue weighted by atomic mass is 9.68. The quantitative estimate of drug-likeness (QED) is 0.303. The van der Waals surface area contributed by atoms with Crippen LogP contribution < -0.4 is 0 Å². The second kappa shape index (κ2) is 12.4. The van der Waals surface area contributed by atoms with Crippen molar-refractivity contribution in [2.75, 3.05) is 6.61 Å². The Hall–Kier alpha value is -1.34. The van der Waals surface area contributed by atoms with E-state index in [0.717, 1.165) is 23.7 Å². The van der Waals surface area contributed by atoms with Gasteiger partial charge in [-0.15, -0.1) is 0 Å². The lowest BCUT2D eigenvalue weighted by Crippen LogP contribution is -2.25. The first kappa shape index (κ1) is 22.3. The molecule has 0 aliphatic heterocycles. The van der Waals surface area contributed by atoms with Gasteiger partial charge in [-0.3, -0.25) is 0 Å². The van der Waals surface area contributed by atoms with Gasteiger partial charge < -0.3 is 4.74 Å². The summed E-state index contributed by atoms with van der Waals surface area (Å²) in [6.45, 7) is 5.73. The molecule has 29 heavy (non-hydrogen) atoms. The molecule has 0 heterocycles. The predicted octanol–water partition coefficient (Wildman–Crippen LogP) is 8.22. The molecule has 3 rings (SSSR count). The van der Waals surface area contributed by atoms with Gasteiger partial charge in [0.2, 0.25) is 0 Å². The highest BCUT2D eigenvalue weighted by atomic mass is 16.5. The number of hydrogen-bond donors (Lipinski definition) is 0. The molecule has 0 N–H and O–H groups in total. The summed E-state index contributed by atoms with van der Waals surface area (Å²) in [5.41, 5.74) is 2.84. The van der Waals surface area contributed by atoms with Crippen molar-refractivity contribution in [1.82, 2.24) is 0 Å². The second-order valence-electron chi connectivity index (χ2n) is 9.33. The van der Waals surface area contributed by atoms with Gasteiger partial charge in [-0.05, 0) is 99.5 Å². The summed E-state index contributed by atoms with van der Waals surface area (Å²) in [7, 11) is 0. The van der Waals surface area contributed by atoms with Crippen molar-refractivity contribution in [3.05, 3.63) is 59.7 Å². The van der Waals surface area contributed by atoms with Gasteiger partial charge in [-0.25, -0.2) is 0 Å². The van der Waals surface area contributed by atoms with Gasteiger partial charge >= 0.3 is 0 Å². The van der Waals surface area contributed by atoms with Crippen LogP contribution in [0.4, 0.5) is 0 Å². The Morgan fingerprint density at radius 2 is 1.52 bits per heavy atom. The maximum Gasteiger partial charge on any atom is 0.0721 e. The van der Waals surface area contributed by atoms with E-state index in [9.17, 15) is 0 Å². The Bertz CT molecular complexity index is 610. The van der Waals surface area contributed by atoms with Crippen molar-refractivity contribution in [3.63, 3.8) is 0 Å². The summed E-state index contributed by atoms with van der Waals surface area (Å²) < 4.78 is 5.67. The number of unbranched alkanes of at least 4 members (excludes halogenated alkanes) is 1. The summed E-state index contributed by atoms with van der Waals surface area (Å²) in [4.78, 5) is 0. The average Bonchev–Trinajstić information content (AvgIpc) is 2.78. The number of ether oxygens (including phenoxy) is 1. The first-order valence-corrected chi connectivity index (χ1v) is 12.2. The number of hydrogen-bond acceptors (Lipinski definition) is 1. The molecular weight excluding hydrogens is 352 g/mol. The molecular formula is C28H42O. The standard InChI is InChI=1S/C28H42O/c1-3-5-7-8-23-9-13-25(14-10-23)27-17-19-28(20-18-27)26-15-11-24(12-16-26)22-29-21-6-4-2/h4,6-8,11-12,15-16,23,25,27-28H,3,5,9-10,13-14,17-22H2,1-2H3/b6-4?,8-7+. The van der Waals surface area contributed by atoms with E-state index < -0.39 is 0 Å². The van der Waals surface area contributed by atoms with Gasteiger partial charge in [-0.1, -0.05) is 61.9 Å². The van der Waals surface area contributed by atoms with E-state index in [1.54, 1.807) is 5.56 Å². The summed E-state index contributed by atoms with van der Waals surface area (Å²) in [5, 5.41) is 0. The van der Waals surface area contributed by atoms with Gasteiger partial charge in [0.05, 0.1) is 13.2 Å². The Morgan fingerprint density at radius 1 is 0.862 bits per heavy atom. The van der Waals surface area contributed by atoms with E-state index in [4.69, 9.17) is 4.74 Å². The Kier molecular flexibility index (Phi) is 9.54. The van der Waals surface area contributed by atoms with Gasteiger partial charge in [0, 0.05) is 0 Å². The zero-order valence-electron chi connectivity index (χ0n) is 18.8. The number of allylic oxidation sites excluding steroid dienone is 3. The van der Waals surface area contributed by atoms with Crippen LogP contribution in [0.15, 0.2) is 48.6 Å². The minimum atomic E-state index is 0.708. The van der Waals surface area contributed by atoms with E-state index in [0.29, 0.717) is 13.2 Å². The minimum absolute atomic E-state index is 0.708. The molecule has 1 nitrogen and oxygen atoms in total. The molecule has 0 spiro atoms. The molecule has 0 amide bonds. The molecule has 2 fully saturated rings. The fourth-order valence-electron chi connectivity index (χ4n) is 5.42. The first-order chi connectivity index (χ1) is 14.3. The Balaban J connectivity index is 1.39. The molecule has 0 aromatic heterocycles. The molecule has 1 aromatic rings. The summed E-state index contributed by atoms with van der Waals surface area (Å²) in [5.74, 6) is 3.64. The predicted molar refractivity (Wildman–Crippen MR) is 125 cm³/mol. The molecule has 0 atom stereocenters. The van der Waals surface area contributed by atoms with Crippen LogP contribution in [0.5, 0.6) is 0 Å². The SMILES string of the molecule is CC=CCOCc1ccc(C2CCC(C3CCC(/C=C/CCC)CC3)CC2)cc1. The fourth-order valence-corrected chi connectivity index (χ4v) is 5.42. The number of benzene rings is 1. The molecule has 0 bridgehead atoms. The van der Waals surface area contributed by atoms with Crippen LogP contribution in [0, 0.1) is 17.8 Å². The van der Waals surface area contributed by atoms with Gasteiger partial charge in [0.1, 0.15) is 0 Å². The average molecular weight is 395 g/mol. The van der Waals surface area contributed by atoms with Crippen LogP contribution in [0.1, 0.15) is 95.1 Å². The molecule has 0 saturated heterocycles. The van der Waals surface area contributed by atoms with Gasteiger partial charge in [0.15, 0.2) is 0 Å². The van der Waals surface area contributed by atoms with Crippen LogP contribution in [-0.4, -0.2) is 6.61 Å². The molecule has 2 aliphatic carbocycles. The number of rotatable bonds is 9. The van der Waals surface area contributed by atoms with E-state index in [-0.39, 0.29) is 0 Å². The molecule has 0 unspecified atom stereocenters. The molecule has 1 heteroatoms. The smallest absolute Gasteiger partial charge is 0.0721 e. The molecule has 2 saturated carbocycles. The van der Waals surface area contributed by atoms with Crippen molar-refractivity contribution in [1.29, 1.82) is 0 Å². The van der Waals surface area contributed by atoms with E-state index in [1.165, 1.54) is 69.8 Å². The van der Waals surface area contributed by atoms with Gasteiger partial charge in [-0.2, -0.15) is 0 Å². The zero-order valence-corrected chi connectivity index (χ0v) is 18.8. The maximum absolute atomic E-state index is 5.67. The molecule has 160 valence electrons. The monoisotopic (exact) mass is 394 g/mol. The zero-order chi connectivity index (χ0) is 20.3. The normalized spacial score (nSPS) is 28.3. The van der Waals surface area contributed by atoms with Crippen LogP contribution in [-0.2, 0) is 11.3 Å². The van der Waals surface area contributed by atoms with Crippen molar-refractivity contribution >= 4 is 0 Å². The van der Waals surface area contributed by atoms with E-state index >= 15 is 0 Å². The summed E-state index contributed by atoms with van der Waals surface area (Å²) >= 11 is 0. The van der Waals surface area contributed by atoms with Crippen LogP contribution in [0.2, 0.25) is 0 Å². The summed E-state index contributed by atoms with van der Waals surface area (Å²) in [6, 6.07) is 9.25. The highest BCUT2D eigenvalue weighted by Crippen LogP contribution is 2.44. The second-order valence-corrected chi connectivity index (χ2v) is 9.33. The van der Waals surface area contributed by atoms with Crippen molar-refractivity contribution in [3.8, 4) is 0 Å². The van der Waals surface area contributed by atoms with Crippen LogP contribution >= 0.6 is 0 Å². The molecule has 2 aliphatic rings. The summed E-state index contributed by atoms with van der Waals surface area (Å²) in [6.07, 6.45) is 23.0. The molecule has 1 aromatic carbocycles. The third-order valence-corrected chi connectivity index (χ3v) is 7.29. The third-order valence-electron chi connectivity index (χ3n) is 7.29. The van der Waals surface area contributed by atoms with Gasteiger partial charge in [0.25, 0.3) is 0 Å². The lowest BCUT2D eigenvalue weighted by Gasteiger charge is -2.37. The Labute approximate surface area is 179 Å². The first-order valence-electron chi connectivity index (χ1n) is 12.2. The largest absolute Gasteiger partial charge is 0.373 e. The molecule has 0 radical (unpaired) electrons. The van der Waals surface area contributed by atoms with Crippen molar-refractivity contribution in [2.45, 2.75) is 90.6 Å². The highest BCUT2D eigenvalue weighted by molar-refractivity contribution is 5.25. The van der Waals surface area contributed by atoms with E-state index in [1.807, 2.05) is 13.0 Å². The topological polar surface area (TPSA) is 9.23 Å². The lowest BCUT2D eigenvalue weighted by molar-refractivity contribution is 0.148. The van der Waals surface area contributed by atoms with Crippen molar-refractivity contribution < 1.29 is 4.74 Å². The maximum atomic E-state index is 5.67. The van der Waals surface area contributed by atoms with Crippen molar-refractivity contribution in [2.24, 2.45) is 17.8 Å². The highest BCUT2D eigenvalue weighted by Gasteiger charge is 2.30. The fraction of sp³-hybridized carbons (Fsp3) is 0.643. The van der Waals surface area contributed by atoms with Crippen LogP contribution in [0.25, 0.3) is 0 Å². The van der Waals surface area contributed by atoms with Crippen LogP contribution in [0.3, 0.4) is 0 Å². The van der Waals surface area contributed by atoms with E-state index in [2.05, 4.69) is 49.4 Å².